The highest BCUT2D eigenvalue weighted by Crippen LogP contribution is 2.60. The van der Waals surface area contributed by atoms with Crippen molar-refractivity contribution in [3.8, 4) is 0 Å². The molecule has 6 nitrogen and oxygen atoms in total. The van der Waals surface area contributed by atoms with E-state index in [4.69, 9.17) is 0 Å². The zero-order valence-corrected chi connectivity index (χ0v) is 14.2. The van der Waals surface area contributed by atoms with Gasteiger partial charge in [-0.1, -0.05) is 0 Å². The number of hydrogen-bond acceptors (Lipinski definition) is 3. The van der Waals surface area contributed by atoms with Crippen LogP contribution in [0.5, 0.6) is 0 Å². The minimum Gasteiger partial charge on any atom is -0.337 e. The molecule has 1 unspecified atom stereocenters. The normalized spacial score (nSPS) is 27.0. The summed E-state index contributed by atoms with van der Waals surface area (Å²) < 4.78 is 2.05. The molecule has 126 valence electrons. The van der Waals surface area contributed by atoms with Gasteiger partial charge in [0.2, 0.25) is 0 Å². The molecule has 23 heavy (non-hydrogen) atoms. The first-order valence-corrected chi connectivity index (χ1v) is 8.79. The smallest absolute Gasteiger partial charge is 0.317 e. The molecule has 1 atom stereocenters. The monoisotopic (exact) mass is 317 g/mol. The Labute approximate surface area is 137 Å². The number of urea groups is 1. The molecule has 2 heterocycles. The maximum atomic E-state index is 12.6. The summed E-state index contributed by atoms with van der Waals surface area (Å²) >= 11 is 0. The Balaban J connectivity index is 1.37. The van der Waals surface area contributed by atoms with E-state index in [-0.39, 0.29) is 12.1 Å². The van der Waals surface area contributed by atoms with E-state index in [1.165, 1.54) is 25.7 Å². The number of aryl methyl sites for hydroxylation is 1. The van der Waals surface area contributed by atoms with Crippen LogP contribution in [-0.4, -0.2) is 58.6 Å². The number of rotatable bonds is 4. The van der Waals surface area contributed by atoms with E-state index in [1.54, 1.807) is 0 Å². The molecule has 3 aliphatic rings. The largest absolute Gasteiger partial charge is 0.337 e. The number of carbonyl (C=O) groups is 1. The van der Waals surface area contributed by atoms with Crippen molar-refractivity contribution in [2.45, 2.75) is 31.7 Å². The third-order valence-electron chi connectivity index (χ3n) is 6.02. The molecule has 1 saturated heterocycles. The Morgan fingerprint density at radius 3 is 2.74 bits per heavy atom. The first-order valence-electron chi connectivity index (χ1n) is 8.79. The van der Waals surface area contributed by atoms with Crippen molar-refractivity contribution in [2.75, 3.05) is 33.2 Å². The van der Waals surface area contributed by atoms with Gasteiger partial charge in [0, 0.05) is 45.6 Å². The van der Waals surface area contributed by atoms with Crippen LogP contribution in [0.3, 0.4) is 0 Å². The SMILES string of the molecule is CN1CCN(C(=O)NCC2(C3CC3)CC2)CC1c1nccn1C. The predicted molar refractivity (Wildman–Crippen MR) is 87.9 cm³/mol. The van der Waals surface area contributed by atoms with E-state index in [2.05, 4.69) is 26.8 Å². The molecule has 1 aromatic heterocycles. The minimum absolute atomic E-state index is 0.101. The summed E-state index contributed by atoms with van der Waals surface area (Å²) in [5.41, 5.74) is 0.460. The van der Waals surface area contributed by atoms with Crippen molar-refractivity contribution in [3.05, 3.63) is 18.2 Å². The minimum atomic E-state index is 0.101. The van der Waals surface area contributed by atoms with Crippen molar-refractivity contribution in [3.63, 3.8) is 0 Å². The summed E-state index contributed by atoms with van der Waals surface area (Å²) in [7, 11) is 4.13. The third kappa shape index (κ3) is 2.84. The molecule has 0 bridgehead atoms. The van der Waals surface area contributed by atoms with E-state index < -0.39 is 0 Å². The van der Waals surface area contributed by atoms with Gasteiger partial charge in [-0.25, -0.2) is 9.78 Å². The van der Waals surface area contributed by atoms with Crippen LogP contribution in [0, 0.1) is 11.3 Å². The van der Waals surface area contributed by atoms with Gasteiger partial charge in [0.1, 0.15) is 5.82 Å². The maximum absolute atomic E-state index is 12.6. The van der Waals surface area contributed by atoms with Crippen LogP contribution in [0.4, 0.5) is 4.79 Å². The number of imidazole rings is 1. The summed E-state index contributed by atoms with van der Waals surface area (Å²) in [6, 6.07) is 0.275. The second-order valence-electron chi connectivity index (χ2n) is 7.63. The number of aromatic nitrogens is 2. The molecule has 4 rings (SSSR count). The van der Waals surface area contributed by atoms with Crippen LogP contribution in [-0.2, 0) is 7.05 Å². The van der Waals surface area contributed by atoms with E-state index in [0.717, 1.165) is 31.4 Å². The van der Waals surface area contributed by atoms with Gasteiger partial charge in [-0.2, -0.15) is 0 Å². The second-order valence-corrected chi connectivity index (χ2v) is 7.63. The Morgan fingerprint density at radius 2 is 2.13 bits per heavy atom. The van der Waals surface area contributed by atoms with Crippen LogP contribution in [0.15, 0.2) is 12.4 Å². The molecule has 3 fully saturated rings. The fourth-order valence-electron chi connectivity index (χ4n) is 3.98. The molecule has 2 aliphatic carbocycles. The number of carbonyl (C=O) groups excluding carboxylic acids is 1. The lowest BCUT2D eigenvalue weighted by Crippen LogP contribution is -2.53. The molecular formula is C17H27N5O. The number of hydrogen-bond donors (Lipinski definition) is 1. The van der Waals surface area contributed by atoms with Crippen LogP contribution in [0.25, 0.3) is 0 Å². The topological polar surface area (TPSA) is 53.4 Å². The first kappa shape index (κ1) is 15.0. The standard InChI is InChI=1S/C17H27N5O/c1-20-9-10-22(11-14(20)15-18-7-8-21(15)2)16(23)19-12-17(5-6-17)13-3-4-13/h7-8,13-14H,3-6,9-12H2,1-2H3,(H,19,23). The first-order chi connectivity index (χ1) is 11.1. The molecule has 1 aromatic rings. The summed E-state index contributed by atoms with van der Waals surface area (Å²) in [6.07, 6.45) is 9.13. The quantitative estimate of drug-likeness (QED) is 0.918. The van der Waals surface area contributed by atoms with Crippen molar-refractivity contribution in [2.24, 2.45) is 18.4 Å². The molecule has 0 radical (unpaired) electrons. The number of nitrogens with zero attached hydrogens (tertiary/aromatic N) is 4. The highest BCUT2D eigenvalue weighted by Gasteiger charge is 2.53. The van der Waals surface area contributed by atoms with Gasteiger partial charge in [-0.3, -0.25) is 4.90 Å². The van der Waals surface area contributed by atoms with Gasteiger partial charge in [-0.15, -0.1) is 0 Å². The number of amides is 2. The van der Waals surface area contributed by atoms with Crippen LogP contribution in [0.1, 0.15) is 37.5 Å². The third-order valence-corrected chi connectivity index (χ3v) is 6.02. The van der Waals surface area contributed by atoms with Crippen molar-refractivity contribution in [1.82, 2.24) is 24.7 Å². The molecule has 2 saturated carbocycles. The zero-order chi connectivity index (χ0) is 16.0. The zero-order valence-electron chi connectivity index (χ0n) is 14.2. The van der Waals surface area contributed by atoms with Crippen LogP contribution >= 0.6 is 0 Å². The molecule has 1 aliphatic heterocycles. The maximum Gasteiger partial charge on any atom is 0.317 e. The van der Waals surface area contributed by atoms with Gasteiger partial charge in [0.25, 0.3) is 0 Å². The number of piperazine rings is 1. The van der Waals surface area contributed by atoms with E-state index in [0.29, 0.717) is 12.0 Å². The average Bonchev–Trinajstić information content (AvgIpc) is 3.44. The highest BCUT2D eigenvalue weighted by atomic mass is 16.2. The fourth-order valence-corrected chi connectivity index (χ4v) is 3.98. The van der Waals surface area contributed by atoms with Gasteiger partial charge < -0.3 is 14.8 Å². The summed E-state index contributed by atoms with van der Waals surface area (Å²) in [5.74, 6) is 1.91. The van der Waals surface area contributed by atoms with Gasteiger partial charge in [0.05, 0.1) is 6.04 Å². The lowest BCUT2D eigenvalue weighted by Gasteiger charge is -2.39. The van der Waals surface area contributed by atoms with Gasteiger partial charge in [0.15, 0.2) is 0 Å². The molecular weight excluding hydrogens is 290 g/mol. The average molecular weight is 317 g/mol. The molecule has 6 heteroatoms. The second kappa shape index (κ2) is 5.51. The summed E-state index contributed by atoms with van der Waals surface area (Å²) in [5, 5.41) is 3.21. The lowest BCUT2D eigenvalue weighted by molar-refractivity contribution is 0.103. The van der Waals surface area contributed by atoms with Gasteiger partial charge in [-0.05, 0) is 44.1 Å². The van der Waals surface area contributed by atoms with E-state index in [9.17, 15) is 4.79 Å². The molecule has 0 spiro atoms. The van der Waals surface area contributed by atoms with E-state index in [1.807, 2.05) is 24.3 Å². The Hall–Kier alpha value is -1.56. The Kier molecular flexibility index (Phi) is 3.59. The van der Waals surface area contributed by atoms with Gasteiger partial charge >= 0.3 is 6.03 Å². The lowest BCUT2D eigenvalue weighted by atomic mass is 10.0. The fraction of sp³-hybridized carbons (Fsp3) is 0.765. The molecule has 1 N–H and O–H groups in total. The Bertz CT molecular complexity index is 590. The summed E-state index contributed by atoms with van der Waals surface area (Å²) in [4.78, 5) is 21.3. The van der Waals surface area contributed by atoms with Crippen LogP contribution < -0.4 is 5.32 Å². The predicted octanol–water partition coefficient (Wildman–Crippen LogP) is 1.61. The van der Waals surface area contributed by atoms with Crippen LogP contribution in [0.2, 0.25) is 0 Å². The van der Waals surface area contributed by atoms with Crippen molar-refractivity contribution in [1.29, 1.82) is 0 Å². The van der Waals surface area contributed by atoms with Crippen molar-refractivity contribution >= 4 is 6.03 Å². The number of likely N-dealkylation sites (N-methyl/N-ethyl adjacent to an activating group) is 1. The van der Waals surface area contributed by atoms with E-state index >= 15 is 0 Å². The molecule has 2 amide bonds. The molecule has 0 aromatic carbocycles. The highest BCUT2D eigenvalue weighted by molar-refractivity contribution is 5.74. The van der Waals surface area contributed by atoms with Crippen molar-refractivity contribution < 1.29 is 4.79 Å². The summed E-state index contributed by atoms with van der Waals surface area (Å²) in [6.45, 7) is 3.26. The Morgan fingerprint density at radius 1 is 1.35 bits per heavy atom. The number of nitrogens with one attached hydrogen (secondary N) is 1.